The third-order valence-corrected chi connectivity index (χ3v) is 6.30. The van der Waals surface area contributed by atoms with E-state index in [9.17, 15) is 24.6 Å². The van der Waals surface area contributed by atoms with E-state index in [1.54, 1.807) is 27.7 Å². The molecule has 0 aliphatic carbocycles. The quantitative estimate of drug-likeness (QED) is 0.214. The number of phenolic OH excluding ortho intramolecular Hbond substituents is 2. The molecule has 0 saturated heterocycles. The number of carbonyl (C=O) groups excluding carboxylic acids is 3. The van der Waals surface area contributed by atoms with Crippen LogP contribution in [0.25, 0.3) is 0 Å². The van der Waals surface area contributed by atoms with Gasteiger partial charge in [-0.1, -0.05) is 30.6 Å². The van der Waals surface area contributed by atoms with Crippen molar-refractivity contribution in [2.24, 2.45) is 0 Å². The highest BCUT2D eigenvalue weighted by Crippen LogP contribution is 2.50. The van der Waals surface area contributed by atoms with E-state index in [1.165, 1.54) is 19.1 Å². The van der Waals surface area contributed by atoms with Crippen molar-refractivity contribution >= 4 is 76.1 Å². The van der Waals surface area contributed by atoms with Gasteiger partial charge in [0.2, 0.25) is 17.7 Å². The van der Waals surface area contributed by atoms with Gasteiger partial charge in [0.05, 0.1) is 43.6 Å². The van der Waals surface area contributed by atoms with Gasteiger partial charge in [-0.25, -0.2) is 0 Å². The van der Waals surface area contributed by atoms with Gasteiger partial charge in [-0.05, 0) is 39.8 Å². The number of hydrogen-bond donors (Lipinski definition) is 6. The largest absolute Gasteiger partial charge is 0.505 e. The molecule has 0 aromatic heterocycles. The number of nitrogens with one attached hydrogen (secondary N) is 3. The lowest BCUT2D eigenvalue weighted by Crippen LogP contribution is -2.27. The first-order valence-electron chi connectivity index (χ1n) is 9.88. The molecule has 192 valence electrons. The summed E-state index contributed by atoms with van der Waals surface area (Å²) >= 11 is 12.0. The fourth-order valence-corrected chi connectivity index (χ4v) is 4.32. The third kappa shape index (κ3) is 4.94. The number of fused-ring (bicyclic) bond motifs is 2. The molecule has 9 nitrogen and oxygen atoms in total. The summed E-state index contributed by atoms with van der Waals surface area (Å²) in [4.78, 5) is 34.5. The van der Waals surface area contributed by atoms with Gasteiger partial charge in [0, 0.05) is 18.1 Å². The Labute approximate surface area is 219 Å². The minimum atomic E-state index is -0.891. The summed E-state index contributed by atoms with van der Waals surface area (Å²) in [6.45, 7) is 8.12. The van der Waals surface area contributed by atoms with Gasteiger partial charge < -0.3 is 31.9 Å². The molecule has 0 atom stereocenters. The zero-order valence-electron chi connectivity index (χ0n) is 19.0. The van der Waals surface area contributed by atoms with Crippen molar-refractivity contribution in [3.8, 4) is 11.5 Å². The standard InChI is InChI=1S/C12H13ClN2O3.C10H11ClN2O2.CH4.ClH/c1-5(16)14-7-4-6(13)9-8(10(7)17)12(2,3)11(18)15-9;1-10(2)6-7(13-9(10)15)4(11)3-5(12)8(6)14;;/h4,17H,1-3H3,(H,14,16)(H,15,18);3,14H,12H2,1-2H3,(H,13,15);1H4;1H. The van der Waals surface area contributed by atoms with E-state index >= 15 is 0 Å². The maximum atomic E-state index is 11.8. The predicted octanol–water partition coefficient (Wildman–Crippen LogP) is 5.15. The number of rotatable bonds is 1. The number of anilines is 4. The number of aromatic hydroxyl groups is 2. The van der Waals surface area contributed by atoms with Crippen LogP contribution in [-0.4, -0.2) is 27.9 Å². The second kappa shape index (κ2) is 10.0. The molecule has 2 aromatic carbocycles. The molecule has 4 rings (SSSR count). The molecule has 0 unspecified atom stereocenters. The van der Waals surface area contributed by atoms with Crippen LogP contribution in [0.15, 0.2) is 12.1 Å². The van der Waals surface area contributed by atoms with Crippen molar-refractivity contribution in [2.75, 3.05) is 21.7 Å². The van der Waals surface area contributed by atoms with Crippen molar-refractivity contribution in [3.05, 3.63) is 33.3 Å². The zero-order chi connectivity index (χ0) is 25.0. The van der Waals surface area contributed by atoms with Gasteiger partial charge in [0.15, 0.2) is 0 Å². The van der Waals surface area contributed by atoms with E-state index in [1.807, 2.05) is 0 Å². The third-order valence-electron chi connectivity index (χ3n) is 5.71. The molecule has 0 fully saturated rings. The van der Waals surface area contributed by atoms with Crippen molar-refractivity contribution in [2.45, 2.75) is 52.9 Å². The molecule has 7 N–H and O–H groups in total. The molecule has 0 bridgehead atoms. The molecule has 2 heterocycles. The van der Waals surface area contributed by atoms with Crippen molar-refractivity contribution in [1.29, 1.82) is 0 Å². The smallest absolute Gasteiger partial charge is 0.234 e. The number of amides is 3. The maximum absolute atomic E-state index is 11.8. The van der Waals surface area contributed by atoms with Gasteiger partial charge in [-0.15, -0.1) is 12.4 Å². The number of nitrogens with two attached hydrogens (primary N) is 1. The predicted molar refractivity (Wildman–Crippen MR) is 142 cm³/mol. The average Bonchev–Trinajstić information content (AvgIpc) is 3.08. The Morgan fingerprint density at radius 3 is 1.74 bits per heavy atom. The fourth-order valence-electron chi connectivity index (χ4n) is 3.81. The molecule has 2 aliphatic heterocycles. The van der Waals surface area contributed by atoms with Gasteiger partial charge in [0.25, 0.3) is 0 Å². The van der Waals surface area contributed by atoms with Gasteiger partial charge in [-0.3, -0.25) is 14.4 Å². The summed E-state index contributed by atoms with van der Waals surface area (Å²) in [6.07, 6.45) is 0. The zero-order valence-corrected chi connectivity index (χ0v) is 21.3. The first kappa shape index (κ1) is 30.2. The molecule has 2 aliphatic rings. The normalized spacial score (nSPS) is 15.7. The van der Waals surface area contributed by atoms with E-state index in [0.29, 0.717) is 27.5 Å². The van der Waals surface area contributed by atoms with Crippen LogP contribution in [0.1, 0.15) is 53.2 Å². The van der Waals surface area contributed by atoms with E-state index in [-0.39, 0.29) is 65.5 Å². The summed E-state index contributed by atoms with van der Waals surface area (Å²) in [5, 5.41) is 28.4. The number of hydrogen-bond acceptors (Lipinski definition) is 6. The lowest BCUT2D eigenvalue weighted by atomic mass is 9.85. The van der Waals surface area contributed by atoms with E-state index < -0.39 is 10.8 Å². The van der Waals surface area contributed by atoms with E-state index in [0.717, 1.165) is 0 Å². The fraction of sp³-hybridized carbons (Fsp3) is 0.348. The van der Waals surface area contributed by atoms with Crippen LogP contribution in [0, 0.1) is 0 Å². The summed E-state index contributed by atoms with van der Waals surface area (Å²) < 4.78 is 0. The number of benzene rings is 2. The molecule has 0 spiro atoms. The van der Waals surface area contributed by atoms with Crippen molar-refractivity contribution in [1.82, 2.24) is 0 Å². The molecule has 3 amide bonds. The van der Waals surface area contributed by atoms with Crippen LogP contribution in [0.3, 0.4) is 0 Å². The summed E-state index contributed by atoms with van der Waals surface area (Å²) in [7, 11) is 0. The second-order valence-corrected chi connectivity index (χ2v) is 9.70. The lowest BCUT2D eigenvalue weighted by Gasteiger charge is -2.18. The van der Waals surface area contributed by atoms with Crippen molar-refractivity contribution in [3.63, 3.8) is 0 Å². The number of phenols is 2. The van der Waals surface area contributed by atoms with Gasteiger partial charge in [-0.2, -0.15) is 0 Å². The SMILES string of the molecule is C.CC(=O)Nc1cc(Cl)c2c(c1O)C(C)(C)C(=O)N2.CC1(C)C(=O)Nc2c(Cl)cc(N)c(O)c21.Cl. The van der Waals surface area contributed by atoms with Crippen molar-refractivity contribution < 1.29 is 24.6 Å². The molecule has 2 aromatic rings. The number of nitrogen functional groups attached to an aromatic ring is 1. The Hall–Kier alpha value is -2.88. The molecule has 35 heavy (non-hydrogen) atoms. The Morgan fingerprint density at radius 2 is 1.31 bits per heavy atom. The Kier molecular flexibility index (Phi) is 8.62. The lowest BCUT2D eigenvalue weighted by molar-refractivity contribution is -0.120. The van der Waals surface area contributed by atoms with Crippen LogP contribution >= 0.6 is 35.6 Å². The monoisotopic (exact) mass is 546 g/mol. The highest BCUT2D eigenvalue weighted by Gasteiger charge is 2.43. The first-order chi connectivity index (χ1) is 15.1. The van der Waals surface area contributed by atoms with Gasteiger partial charge >= 0.3 is 0 Å². The van der Waals surface area contributed by atoms with Crippen LogP contribution in [0.2, 0.25) is 10.0 Å². The highest BCUT2D eigenvalue weighted by molar-refractivity contribution is 6.36. The number of halogens is 3. The van der Waals surface area contributed by atoms with E-state index in [4.69, 9.17) is 28.9 Å². The van der Waals surface area contributed by atoms with Gasteiger partial charge in [0.1, 0.15) is 11.5 Å². The van der Waals surface area contributed by atoms with Crippen LogP contribution < -0.4 is 21.7 Å². The summed E-state index contributed by atoms with van der Waals surface area (Å²) in [5.74, 6) is -0.961. The Bertz CT molecular complexity index is 1230. The molecular formula is C23H29Cl3N4O5. The second-order valence-electron chi connectivity index (χ2n) is 8.89. The topological polar surface area (TPSA) is 154 Å². The van der Waals surface area contributed by atoms with Crippen LogP contribution in [0.4, 0.5) is 22.7 Å². The highest BCUT2D eigenvalue weighted by atomic mass is 35.5. The first-order valence-corrected chi connectivity index (χ1v) is 10.6. The average molecular weight is 548 g/mol. The summed E-state index contributed by atoms with van der Waals surface area (Å²) in [5.41, 5.74) is 6.01. The van der Waals surface area contributed by atoms with Crippen LogP contribution in [0.5, 0.6) is 11.5 Å². The number of carbonyl (C=O) groups is 3. The molecule has 0 saturated carbocycles. The Morgan fingerprint density at radius 1 is 0.914 bits per heavy atom. The molecular weight excluding hydrogens is 519 g/mol. The summed E-state index contributed by atoms with van der Waals surface area (Å²) in [6, 6.07) is 2.84. The van der Waals surface area contributed by atoms with E-state index in [2.05, 4.69) is 16.0 Å². The molecule has 12 heteroatoms. The minimum Gasteiger partial charge on any atom is -0.505 e. The maximum Gasteiger partial charge on any atom is 0.234 e. The Balaban J connectivity index is 0.000000336. The van der Waals surface area contributed by atoms with Crippen LogP contribution in [-0.2, 0) is 25.2 Å². The minimum absolute atomic E-state index is 0. The molecule has 0 radical (unpaired) electrons.